The minimum Gasteiger partial charge on any atom is -0.504 e. The van der Waals surface area contributed by atoms with Gasteiger partial charge in [0.25, 0.3) is 5.91 Å². The lowest BCUT2D eigenvalue weighted by Crippen LogP contribution is -2.41. The van der Waals surface area contributed by atoms with Crippen LogP contribution in [0.15, 0.2) is 48.5 Å². The second-order valence-electron chi connectivity index (χ2n) is 13.9. The number of fused-ring (bicyclic) bond motifs is 3. The molecule has 3 aromatic rings. The van der Waals surface area contributed by atoms with Crippen LogP contribution in [0.2, 0.25) is 0 Å². The first-order valence-electron chi connectivity index (χ1n) is 17.3. The van der Waals surface area contributed by atoms with Crippen LogP contribution < -0.4 is 19.9 Å². The number of aliphatic hydroxyl groups excluding tert-OH is 1. The fourth-order valence-electron chi connectivity index (χ4n) is 7.14. The maximum Gasteiger partial charge on any atom is 0.261 e. The third-order valence-corrected chi connectivity index (χ3v) is 13.2. The predicted molar refractivity (Wildman–Crippen MR) is 207 cm³/mol. The van der Waals surface area contributed by atoms with E-state index in [2.05, 4.69) is 48.3 Å². The number of aliphatic hydroxyl groups is 1. The Kier molecular flexibility index (Phi) is 12.2. The van der Waals surface area contributed by atoms with E-state index >= 15 is 0 Å². The number of ether oxygens (including phenoxy) is 4. The summed E-state index contributed by atoms with van der Waals surface area (Å²) < 4.78 is 21.7. The number of rotatable bonds is 19. The number of nitrogens with one attached hydrogen (secondary N) is 1. The summed E-state index contributed by atoms with van der Waals surface area (Å²) in [6.07, 6.45) is 1.65. The minimum absolute atomic E-state index is 0.0168. The third kappa shape index (κ3) is 8.38. The van der Waals surface area contributed by atoms with Crippen LogP contribution in [0.5, 0.6) is 11.5 Å². The Hall–Kier alpha value is -2.84. The molecule has 6 rings (SSSR count). The highest BCUT2D eigenvalue weighted by Gasteiger charge is 2.65. The molecule has 276 valence electrons. The summed E-state index contributed by atoms with van der Waals surface area (Å²) in [5.74, 6) is 1.40. The van der Waals surface area contributed by atoms with Gasteiger partial charge in [-0.2, -0.15) is 0 Å². The first kappa shape index (κ1) is 37.9. The molecule has 0 radical (unpaired) electrons. The highest BCUT2D eigenvalue weighted by Crippen LogP contribution is 2.58. The first-order chi connectivity index (χ1) is 24.6. The van der Waals surface area contributed by atoms with E-state index in [1.807, 2.05) is 38.6 Å². The number of benzene rings is 3. The van der Waals surface area contributed by atoms with Crippen LogP contribution in [0.3, 0.4) is 0 Å². The van der Waals surface area contributed by atoms with Gasteiger partial charge in [-0.05, 0) is 66.8 Å². The van der Waals surface area contributed by atoms with Crippen LogP contribution in [0.4, 0.5) is 17.1 Å². The average molecular weight is 758 g/mol. The number of anilines is 3. The van der Waals surface area contributed by atoms with Crippen LogP contribution in [0.25, 0.3) is 0 Å². The molecule has 2 heterocycles. The molecule has 13 heteroatoms. The quantitative estimate of drug-likeness (QED) is 0.0697. The lowest BCUT2D eigenvalue weighted by Gasteiger charge is -2.34. The van der Waals surface area contributed by atoms with E-state index in [9.17, 15) is 15.0 Å². The Morgan fingerprint density at radius 1 is 1.06 bits per heavy atom. The van der Waals surface area contributed by atoms with E-state index in [1.54, 1.807) is 19.2 Å². The molecular weight excluding hydrogens is 710 g/mol. The van der Waals surface area contributed by atoms with Crippen molar-refractivity contribution in [3.8, 4) is 11.5 Å². The van der Waals surface area contributed by atoms with E-state index in [0.717, 1.165) is 47.6 Å². The van der Waals surface area contributed by atoms with Crippen molar-refractivity contribution in [2.45, 2.75) is 61.3 Å². The SMILES string of the molecule is COCCOCCOCCN(CC(C)(C)SSCc1cccc2c1CC13C[C@H]1Nc1cc(O)c(OC)cc1C(=O)N23)c1cc(CO)cc(CCl)c1. The fourth-order valence-corrected chi connectivity index (χ4v) is 9.95. The van der Waals surface area contributed by atoms with Gasteiger partial charge < -0.3 is 39.4 Å². The molecule has 3 N–H and O–H groups in total. The summed E-state index contributed by atoms with van der Waals surface area (Å²) >= 11 is 6.24. The summed E-state index contributed by atoms with van der Waals surface area (Å²) in [5.41, 5.74) is 7.10. The van der Waals surface area contributed by atoms with Crippen molar-refractivity contribution in [2.24, 2.45) is 0 Å². The van der Waals surface area contributed by atoms with Gasteiger partial charge >= 0.3 is 0 Å². The average Bonchev–Trinajstić information content (AvgIpc) is 3.70. The molecular formula is C38H48ClN3O7S2. The van der Waals surface area contributed by atoms with E-state index < -0.39 is 0 Å². The molecule has 2 atom stereocenters. The van der Waals surface area contributed by atoms with Gasteiger partial charge in [-0.25, -0.2) is 0 Å². The second kappa shape index (κ2) is 16.4. The normalized spacial score (nSPS) is 18.7. The maximum atomic E-state index is 14.1. The number of hydrogen-bond donors (Lipinski definition) is 3. The van der Waals surface area contributed by atoms with Crippen LogP contribution in [0, 0.1) is 0 Å². The van der Waals surface area contributed by atoms with E-state index in [4.69, 9.17) is 30.5 Å². The van der Waals surface area contributed by atoms with Gasteiger partial charge in [-0.1, -0.05) is 39.8 Å². The van der Waals surface area contributed by atoms with Gasteiger partial charge in [0.05, 0.1) is 69.6 Å². The van der Waals surface area contributed by atoms with Gasteiger partial charge in [-0.15, -0.1) is 11.6 Å². The smallest absolute Gasteiger partial charge is 0.261 e. The summed E-state index contributed by atoms with van der Waals surface area (Å²) in [6.45, 7) is 8.52. The third-order valence-electron chi connectivity index (χ3n) is 9.67. The summed E-state index contributed by atoms with van der Waals surface area (Å²) in [6, 6.07) is 15.7. The molecule has 1 aliphatic carbocycles. The number of amides is 1. The van der Waals surface area contributed by atoms with Gasteiger partial charge in [-0.3, -0.25) is 9.69 Å². The molecule has 1 amide bonds. The maximum absolute atomic E-state index is 14.1. The zero-order valence-electron chi connectivity index (χ0n) is 29.7. The topological polar surface area (TPSA) is 113 Å². The molecule has 1 unspecified atom stereocenters. The molecule has 2 aliphatic heterocycles. The van der Waals surface area contributed by atoms with Crippen molar-refractivity contribution >= 4 is 56.2 Å². The van der Waals surface area contributed by atoms with Crippen LogP contribution in [0.1, 0.15) is 52.9 Å². The largest absolute Gasteiger partial charge is 0.504 e. The van der Waals surface area contributed by atoms with E-state index in [0.29, 0.717) is 56.7 Å². The number of carbonyl (C=O) groups excluding carboxylic acids is 1. The van der Waals surface area contributed by atoms with Crippen LogP contribution in [-0.2, 0) is 38.9 Å². The number of halogens is 1. The Bertz CT molecular complexity index is 1690. The van der Waals surface area contributed by atoms with Crippen LogP contribution in [-0.4, -0.2) is 92.8 Å². The first-order valence-corrected chi connectivity index (χ1v) is 20.1. The number of carbonyl (C=O) groups is 1. The molecule has 3 aromatic carbocycles. The van der Waals surface area contributed by atoms with Gasteiger partial charge in [0.1, 0.15) is 0 Å². The number of alkyl halides is 1. The molecule has 3 aliphatic rings. The Balaban J connectivity index is 1.13. The van der Waals surface area contributed by atoms with Crippen molar-refractivity contribution in [1.82, 2.24) is 0 Å². The number of hydrogen-bond acceptors (Lipinski definition) is 11. The lowest BCUT2D eigenvalue weighted by molar-refractivity contribution is 0.0264. The molecule has 0 saturated heterocycles. The predicted octanol–water partition coefficient (Wildman–Crippen LogP) is 6.62. The van der Waals surface area contributed by atoms with Gasteiger partial charge in [0.15, 0.2) is 11.5 Å². The Morgan fingerprint density at radius 3 is 2.57 bits per heavy atom. The molecule has 51 heavy (non-hydrogen) atoms. The second-order valence-corrected chi connectivity index (χ2v) is 17.1. The van der Waals surface area contributed by atoms with E-state index in [1.165, 1.54) is 18.2 Å². The molecule has 0 aromatic heterocycles. The molecule has 1 spiro atoms. The molecule has 1 fully saturated rings. The van der Waals surface area contributed by atoms with Crippen molar-refractivity contribution in [2.75, 3.05) is 75.5 Å². The molecule has 0 bridgehead atoms. The number of methoxy groups -OCH3 is 2. The molecule has 1 saturated carbocycles. The number of phenolic OH excluding ortho intramolecular Hbond substituents is 1. The summed E-state index contributed by atoms with van der Waals surface area (Å²) in [5, 5.41) is 23.9. The van der Waals surface area contributed by atoms with Crippen molar-refractivity contribution in [3.05, 3.63) is 76.3 Å². The highest BCUT2D eigenvalue weighted by atomic mass is 35.5. The molecule has 10 nitrogen and oxygen atoms in total. The highest BCUT2D eigenvalue weighted by molar-refractivity contribution is 8.76. The van der Waals surface area contributed by atoms with Gasteiger partial charge in [0.2, 0.25) is 0 Å². The number of aromatic hydroxyl groups is 1. The number of phenols is 1. The number of nitrogens with zero attached hydrogens (tertiary/aromatic N) is 2. The lowest BCUT2D eigenvalue weighted by atomic mass is 10.0. The standard InChI is InChI=1S/C38H48ClN3O7S2/c1-37(2,24-41(8-9-48-12-13-49-11-10-46-3)28-15-25(21-39)14-26(16-28)22-43)51-50-23-27-6-5-7-32-30(27)19-38-20-35(38)40-31-18-33(44)34(47-4)17-29(31)36(45)42(32)38/h5-7,14-18,35,40,43-44H,8-13,19-24H2,1-4H3/t35-,38?/m1/s1. The fraction of sp³-hybridized carbons (Fsp3) is 0.500. The summed E-state index contributed by atoms with van der Waals surface area (Å²) in [7, 11) is 6.82. The monoisotopic (exact) mass is 757 g/mol. The van der Waals surface area contributed by atoms with Crippen molar-refractivity contribution in [1.29, 1.82) is 0 Å². The van der Waals surface area contributed by atoms with Crippen molar-refractivity contribution in [3.63, 3.8) is 0 Å². The zero-order valence-corrected chi connectivity index (χ0v) is 32.1. The Morgan fingerprint density at radius 2 is 1.82 bits per heavy atom. The van der Waals surface area contributed by atoms with Gasteiger partial charge in [0, 0.05) is 60.4 Å². The zero-order chi connectivity index (χ0) is 36.2. The minimum atomic E-state index is -0.307. The Labute approximate surface area is 313 Å². The summed E-state index contributed by atoms with van der Waals surface area (Å²) in [4.78, 5) is 18.4. The van der Waals surface area contributed by atoms with Crippen molar-refractivity contribution < 1.29 is 34.0 Å². The van der Waals surface area contributed by atoms with E-state index in [-0.39, 0.29) is 40.3 Å². The van der Waals surface area contributed by atoms with Crippen LogP contribution >= 0.6 is 33.2 Å².